The topological polar surface area (TPSA) is 52.6 Å². The lowest BCUT2D eigenvalue weighted by atomic mass is 10.1. The molecule has 0 fully saturated rings. The van der Waals surface area contributed by atoms with E-state index in [2.05, 4.69) is 0 Å². The summed E-state index contributed by atoms with van der Waals surface area (Å²) in [4.78, 5) is 23.0. The van der Waals surface area contributed by atoms with E-state index in [0.29, 0.717) is 24.3 Å². The van der Waals surface area contributed by atoms with Crippen LogP contribution in [0.5, 0.6) is 5.75 Å². The normalized spacial score (nSPS) is 10.2. The first-order valence-corrected chi connectivity index (χ1v) is 6.00. The van der Waals surface area contributed by atoms with Crippen molar-refractivity contribution in [2.45, 2.75) is 27.2 Å². The molecule has 0 amide bonds. The lowest BCUT2D eigenvalue weighted by Gasteiger charge is -2.07. The summed E-state index contributed by atoms with van der Waals surface area (Å²) >= 11 is 0. The number of carbonyl (C=O) groups excluding carboxylic acids is 2. The van der Waals surface area contributed by atoms with E-state index in [-0.39, 0.29) is 11.9 Å². The minimum Gasteiger partial charge on any atom is -0.462 e. The Morgan fingerprint density at radius 1 is 1.28 bits per heavy atom. The molecule has 0 aliphatic rings. The Morgan fingerprint density at radius 3 is 2.61 bits per heavy atom. The zero-order valence-corrected chi connectivity index (χ0v) is 10.9. The van der Waals surface area contributed by atoms with Gasteiger partial charge in [-0.05, 0) is 31.0 Å². The van der Waals surface area contributed by atoms with Gasteiger partial charge in [0.15, 0.2) is 0 Å². The van der Waals surface area contributed by atoms with Gasteiger partial charge in [-0.15, -0.1) is 0 Å². The molecule has 1 rings (SSSR count). The maximum Gasteiger partial charge on any atom is 0.338 e. The Morgan fingerprint density at radius 2 is 2.00 bits per heavy atom. The maximum atomic E-state index is 11.5. The molecule has 4 nitrogen and oxygen atoms in total. The molecular weight excluding hydrogens is 232 g/mol. The Hall–Kier alpha value is -1.84. The van der Waals surface area contributed by atoms with E-state index in [9.17, 15) is 9.59 Å². The van der Waals surface area contributed by atoms with Crippen molar-refractivity contribution in [1.29, 1.82) is 0 Å². The first kappa shape index (κ1) is 14.2. The van der Waals surface area contributed by atoms with Crippen molar-refractivity contribution >= 4 is 11.9 Å². The molecule has 0 heterocycles. The average Bonchev–Trinajstić information content (AvgIpc) is 2.28. The summed E-state index contributed by atoms with van der Waals surface area (Å²) in [5, 5.41) is 0. The summed E-state index contributed by atoms with van der Waals surface area (Å²) < 4.78 is 10.0. The highest BCUT2D eigenvalue weighted by atomic mass is 16.5. The van der Waals surface area contributed by atoms with Crippen molar-refractivity contribution in [1.82, 2.24) is 0 Å². The molecule has 0 saturated carbocycles. The number of esters is 2. The smallest absolute Gasteiger partial charge is 0.338 e. The zero-order valence-electron chi connectivity index (χ0n) is 10.9. The van der Waals surface area contributed by atoms with Crippen LogP contribution in [-0.2, 0) is 9.53 Å². The zero-order chi connectivity index (χ0) is 13.5. The highest BCUT2D eigenvalue weighted by molar-refractivity contribution is 5.90. The lowest BCUT2D eigenvalue weighted by molar-refractivity contribution is -0.135. The number of ether oxygens (including phenoxy) is 2. The van der Waals surface area contributed by atoms with Gasteiger partial charge in [0.1, 0.15) is 5.75 Å². The van der Waals surface area contributed by atoms with Gasteiger partial charge in [-0.1, -0.05) is 19.9 Å². The van der Waals surface area contributed by atoms with E-state index in [4.69, 9.17) is 9.47 Å². The fourth-order valence-electron chi connectivity index (χ4n) is 1.41. The summed E-state index contributed by atoms with van der Waals surface area (Å²) in [6, 6.07) is 6.43. The minimum absolute atomic E-state index is 0.241. The molecule has 1 aromatic rings. The molecule has 0 atom stereocenters. The summed E-state index contributed by atoms with van der Waals surface area (Å²) in [5.74, 6) is -0.109. The maximum absolute atomic E-state index is 11.5. The molecule has 0 aliphatic carbocycles. The summed E-state index contributed by atoms with van der Waals surface area (Å²) in [6.07, 6.45) is 0.351. The molecule has 0 saturated heterocycles. The van der Waals surface area contributed by atoms with Crippen LogP contribution in [0.4, 0.5) is 0 Å². The molecular formula is C14H18O4. The van der Waals surface area contributed by atoms with Gasteiger partial charge < -0.3 is 9.47 Å². The fraction of sp³-hybridized carbons (Fsp3) is 0.429. The van der Waals surface area contributed by atoms with Crippen LogP contribution in [0.25, 0.3) is 0 Å². The number of carbonyl (C=O) groups is 2. The van der Waals surface area contributed by atoms with Crippen molar-refractivity contribution in [2.75, 3.05) is 6.61 Å². The number of rotatable bonds is 5. The van der Waals surface area contributed by atoms with Gasteiger partial charge in [0, 0.05) is 6.42 Å². The molecule has 0 radical (unpaired) electrons. The predicted octanol–water partition coefficient (Wildman–Crippen LogP) is 2.81. The van der Waals surface area contributed by atoms with E-state index < -0.39 is 5.97 Å². The molecule has 98 valence electrons. The first-order chi connectivity index (χ1) is 8.52. The molecule has 0 unspecified atom stereocenters. The fourth-order valence-corrected chi connectivity index (χ4v) is 1.41. The molecule has 0 spiro atoms. The van der Waals surface area contributed by atoms with Gasteiger partial charge in [0.2, 0.25) is 0 Å². The Balaban J connectivity index is 2.70. The second-order valence-corrected chi connectivity index (χ2v) is 4.32. The Kier molecular flexibility index (Phi) is 5.36. The van der Waals surface area contributed by atoms with Gasteiger partial charge in [0.05, 0.1) is 12.2 Å². The second kappa shape index (κ2) is 6.79. The lowest BCUT2D eigenvalue weighted by Crippen LogP contribution is -2.11. The minimum atomic E-state index is -0.417. The molecule has 0 aliphatic heterocycles. The number of benzene rings is 1. The molecule has 0 bridgehead atoms. The molecule has 0 N–H and O–H groups in total. The highest BCUT2D eigenvalue weighted by Gasteiger charge is 2.10. The van der Waals surface area contributed by atoms with E-state index >= 15 is 0 Å². The predicted molar refractivity (Wildman–Crippen MR) is 67.5 cm³/mol. The number of hydrogen-bond acceptors (Lipinski definition) is 4. The van der Waals surface area contributed by atoms with Crippen LogP contribution in [-0.4, -0.2) is 18.5 Å². The molecule has 1 aromatic carbocycles. The largest absolute Gasteiger partial charge is 0.462 e. The third kappa shape index (κ3) is 4.57. The quantitative estimate of drug-likeness (QED) is 0.595. The summed E-state index contributed by atoms with van der Waals surface area (Å²) in [5.41, 5.74) is 0.381. The SMILES string of the molecule is CCOC(=O)c1cccc(OC(=O)CC(C)C)c1. The Bertz CT molecular complexity index is 424. The van der Waals surface area contributed by atoms with E-state index in [1.807, 2.05) is 13.8 Å². The highest BCUT2D eigenvalue weighted by Crippen LogP contribution is 2.15. The van der Waals surface area contributed by atoms with E-state index in [1.165, 1.54) is 6.07 Å². The van der Waals surface area contributed by atoms with Crippen molar-refractivity contribution in [2.24, 2.45) is 5.92 Å². The standard InChI is InChI=1S/C14H18O4/c1-4-17-14(16)11-6-5-7-12(9-11)18-13(15)8-10(2)3/h5-7,9-10H,4,8H2,1-3H3. The van der Waals surface area contributed by atoms with Crippen LogP contribution in [0.1, 0.15) is 37.6 Å². The monoisotopic (exact) mass is 250 g/mol. The van der Waals surface area contributed by atoms with Gasteiger partial charge in [-0.25, -0.2) is 4.79 Å². The summed E-state index contributed by atoms with van der Waals surface area (Å²) in [7, 11) is 0. The van der Waals surface area contributed by atoms with Gasteiger partial charge in [-0.2, -0.15) is 0 Å². The first-order valence-electron chi connectivity index (χ1n) is 6.00. The Labute approximate surface area is 107 Å². The van der Waals surface area contributed by atoms with Gasteiger partial charge >= 0.3 is 11.9 Å². The second-order valence-electron chi connectivity index (χ2n) is 4.32. The van der Waals surface area contributed by atoms with Crippen molar-refractivity contribution < 1.29 is 19.1 Å². The third-order valence-electron chi connectivity index (χ3n) is 2.15. The molecule has 18 heavy (non-hydrogen) atoms. The van der Waals surface area contributed by atoms with Crippen molar-refractivity contribution in [3.8, 4) is 5.75 Å². The van der Waals surface area contributed by atoms with Crippen LogP contribution in [0.3, 0.4) is 0 Å². The van der Waals surface area contributed by atoms with Crippen LogP contribution in [0.2, 0.25) is 0 Å². The molecule has 4 heteroatoms. The summed E-state index contributed by atoms with van der Waals surface area (Å²) in [6.45, 7) is 5.94. The number of hydrogen-bond donors (Lipinski definition) is 0. The van der Waals surface area contributed by atoms with Crippen LogP contribution < -0.4 is 4.74 Å². The van der Waals surface area contributed by atoms with E-state index in [0.717, 1.165) is 0 Å². The van der Waals surface area contributed by atoms with Crippen LogP contribution in [0, 0.1) is 5.92 Å². The molecule has 0 aromatic heterocycles. The average molecular weight is 250 g/mol. The van der Waals surface area contributed by atoms with Crippen molar-refractivity contribution in [3.05, 3.63) is 29.8 Å². The van der Waals surface area contributed by atoms with Crippen molar-refractivity contribution in [3.63, 3.8) is 0 Å². The van der Waals surface area contributed by atoms with Crippen LogP contribution in [0.15, 0.2) is 24.3 Å². The third-order valence-corrected chi connectivity index (χ3v) is 2.15. The van der Waals surface area contributed by atoms with E-state index in [1.54, 1.807) is 25.1 Å². The van der Waals surface area contributed by atoms with Gasteiger partial charge in [0.25, 0.3) is 0 Å². The van der Waals surface area contributed by atoms with Crippen LogP contribution >= 0.6 is 0 Å². The van der Waals surface area contributed by atoms with Gasteiger partial charge in [-0.3, -0.25) is 4.79 Å².